The van der Waals surface area contributed by atoms with Crippen molar-refractivity contribution in [1.29, 1.82) is 0 Å². The van der Waals surface area contributed by atoms with Crippen LogP contribution < -0.4 is 9.47 Å². The lowest BCUT2D eigenvalue weighted by Crippen LogP contribution is -2.11. The lowest BCUT2D eigenvalue weighted by molar-refractivity contribution is -0.385. The lowest BCUT2D eigenvalue weighted by Gasteiger charge is -2.10. The van der Waals surface area contributed by atoms with E-state index < -0.39 is 10.9 Å². The molecule has 0 spiro atoms. The van der Waals surface area contributed by atoms with Gasteiger partial charge in [-0.25, -0.2) is 0 Å². The van der Waals surface area contributed by atoms with Crippen LogP contribution in [0.2, 0.25) is 0 Å². The number of nitro benzene ring substituents is 1. The fourth-order valence-corrected chi connectivity index (χ4v) is 2.73. The number of methoxy groups -OCH3 is 1. The lowest BCUT2D eigenvalue weighted by atomic mass is 9.95. The Morgan fingerprint density at radius 3 is 2.50 bits per heavy atom. The maximum absolute atomic E-state index is 13.0. The molecule has 134 valence electrons. The Morgan fingerprint density at radius 1 is 1.19 bits per heavy atom. The Bertz CT molecular complexity index is 920. The zero-order valence-corrected chi connectivity index (χ0v) is 14.1. The number of ether oxygens (including phenoxy) is 3. The molecule has 1 heterocycles. The molecular weight excluding hydrogens is 342 g/mol. The minimum Gasteiger partial charge on any atom is -0.469 e. The van der Waals surface area contributed by atoms with E-state index in [1.165, 1.54) is 31.4 Å². The second kappa shape index (κ2) is 6.83. The minimum absolute atomic E-state index is 0.0290. The third-order valence-electron chi connectivity index (χ3n) is 4.06. The molecule has 3 rings (SSSR count). The normalized spacial score (nSPS) is 11.9. The molecule has 26 heavy (non-hydrogen) atoms. The van der Waals surface area contributed by atoms with Crippen molar-refractivity contribution in [2.75, 3.05) is 13.9 Å². The highest BCUT2D eigenvalue weighted by Gasteiger charge is 2.24. The number of nitrogens with zero attached hydrogens (tertiary/aromatic N) is 1. The first-order valence-electron chi connectivity index (χ1n) is 7.69. The van der Waals surface area contributed by atoms with Gasteiger partial charge in [0.2, 0.25) is 6.79 Å². The second-order valence-corrected chi connectivity index (χ2v) is 5.70. The monoisotopic (exact) mass is 357 g/mol. The number of esters is 1. The van der Waals surface area contributed by atoms with Gasteiger partial charge in [-0.1, -0.05) is 0 Å². The number of carbonyl (C=O) groups excluding carboxylic acids is 2. The van der Waals surface area contributed by atoms with E-state index in [1.807, 2.05) is 0 Å². The van der Waals surface area contributed by atoms with Crippen LogP contribution in [-0.2, 0) is 16.0 Å². The number of nitro groups is 1. The zero-order chi connectivity index (χ0) is 18.8. The molecule has 1 aliphatic rings. The number of hydrogen-bond acceptors (Lipinski definition) is 7. The first-order valence-corrected chi connectivity index (χ1v) is 7.69. The Morgan fingerprint density at radius 2 is 1.88 bits per heavy atom. The van der Waals surface area contributed by atoms with Crippen LogP contribution in [0.4, 0.5) is 5.69 Å². The fraction of sp³-hybridized carbons (Fsp3) is 0.222. The number of aryl methyl sites for hydroxylation is 1. The standard InChI is InChI=1S/C18H15NO7/c1-10-5-11(3-4-14(10)19(22)23)18(21)13-8-16-15(25-9-26-16)6-12(13)7-17(20)24-2/h3-6,8H,7,9H2,1-2H3. The second-order valence-electron chi connectivity index (χ2n) is 5.70. The van der Waals surface area contributed by atoms with Gasteiger partial charge in [0.05, 0.1) is 18.5 Å². The molecule has 8 nitrogen and oxygen atoms in total. The summed E-state index contributed by atoms with van der Waals surface area (Å²) in [6, 6.07) is 7.22. The summed E-state index contributed by atoms with van der Waals surface area (Å²) in [5.74, 6) is -0.0288. The molecule has 0 saturated heterocycles. The third-order valence-corrected chi connectivity index (χ3v) is 4.06. The minimum atomic E-state index is -0.507. The van der Waals surface area contributed by atoms with Crippen LogP contribution in [0.25, 0.3) is 0 Å². The van der Waals surface area contributed by atoms with E-state index in [0.717, 1.165) is 0 Å². The molecule has 2 aromatic carbocycles. The highest BCUT2D eigenvalue weighted by Crippen LogP contribution is 2.36. The summed E-state index contributed by atoms with van der Waals surface area (Å²) in [5.41, 5.74) is 1.27. The molecular formula is C18H15NO7. The van der Waals surface area contributed by atoms with Crippen LogP contribution in [-0.4, -0.2) is 30.6 Å². The van der Waals surface area contributed by atoms with Crippen molar-refractivity contribution in [2.45, 2.75) is 13.3 Å². The molecule has 0 fully saturated rings. The van der Waals surface area contributed by atoms with Crippen molar-refractivity contribution in [3.8, 4) is 11.5 Å². The summed E-state index contributed by atoms with van der Waals surface area (Å²) >= 11 is 0. The molecule has 0 radical (unpaired) electrons. The molecule has 0 bridgehead atoms. The quantitative estimate of drug-likeness (QED) is 0.350. The van der Waals surface area contributed by atoms with Gasteiger partial charge < -0.3 is 14.2 Å². The predicted octanol–water partition coefficient (Wildman–Crippen LogP) is 2.58. The van der Waals surface area contributed by atoms with Crippen molar-refractivity contribution in [1.82, 2.24) is 0 Å². The van der Waals surface area contributed by atoms with Crippen molar-refractivity contribution < 1.29 is 28.7 Å². The van der Waals surface area contributed by atoms with E-state index in [-0.39, 0.29) is 35.8 Å². The molecule has 0 amide bonds. The number of ketones is 1. The van der Waals surface area contributed by atoms with Gasteiger partial charge in [0, 0.05) is 22.8 Å². The van der Waals surface area contributed by atoms with E-state index in [4.69, 9.17) is 9.47 Å². The smallest absolute Gasteiger partial charge is 0.310 e. The Balaban J connectivity index is 2.04. The first kappa shape index (κ1) is 17.4. The van der Waals surface area contributed by atoms with Crippen molar-refractivity contribution in [3.63, 3.8) is 0 Å². The van der Waals surface area contributed by atoms with E-state index in [0.29, 0.717) is 22.6 Å². The Labute approximate surface area is 148 Å². The fourth-order valence-electron chi connectivity index (χ4n) is 2.73. The van der Waals surface area contributed by atoms with Gasteiger partial charge in [0.25, 0.3) is 5.69 Å². The molecule has 0 aromatic heterocycles. The maximum atomic E-state index is 13.0. The molecule has 0 unspecified atom stereocenters. The van der Waals surface area contributed by atoms with Gasteiger partial charge in [-0.05, 0) is 36.8 Å². The van der Waals surface area contributed by atoms with Gasteiger partial charge in [-0.2, -0.15) is 0 Å². The van der Waals surface area contributed by atoms with Crippen molar-refractivity contribution >= 4 is 17.4 Å². The van der Waals surface area contributed by atoms with E-state index in [1.54, 1.807) is 13.0 Å². The molecule has 8 heteroatoms. The van der Waals surface area contributed by atoms with Crippen molar-refractivity contribution in [3.05, 3.63) is 62.7 Å². The van der Waals surface area contributed by atoms with E-state index >= 15 is 0 Å². The van der Waals surface area contributed by atoms with Crippen LogP contribution in [0.5, 0.6) is 11.5 Å². The topological polar surface area (TPSA) is 105 Å². The Kier molecular flexibility index (Phi) is 4.57. The largest absolute Gasteiger partial charge is 0.469 e. The average Bonchev–Trinajstić information content (AvgIpc) is 3.07. The average molecular weight is 357 g/mol. The number of fused-ring (bicyclic) bond motifs is 1. The highest BCUT2D eigenvalue weighted by atomic mass is 16.7. The van der Waals surface area contributed by atoms with Crippen LogP contribution in [0.15, 0.2) is 30.3 Å². The number of carbonyl (C=O) groups is 2. The summed E-state index contributed by atoms with van der Waals surface area (Å²) in [5, 5.41) is 10.9. The zero-order valence-electron chi connectivity index (χ0n) is 14.1. The highest BCUT2D eigenvalue weighted by molar-refractivity contribution is 6.11. The maximum Gasteiger partial charge on any atom is 0.310 e. The van der Waals surface area contributed by atoms with Gasteiger partial charge in [-0.15, -0.1) is 0 Å². The van der Waals surface area contributed by atoms with Crippen LogP contribution in [0.3, 0.4) is 0 Å². The molecule has 0 N–H and O–H groups in total. The van der Waals surface area contributed by atoms with Gasteiger partial charge in [0.1, 0.15) is 0 Å². The summed E-state index contributed by atoms with van der Waals surface area (Å²) < 4.78 is 15.3. The number of benzene rings is 2. The molecule has 0 aliphatic carbocycles. The van der Waals surface area contributed by atoms with Crippen molar-refractivity contribution in [2.24, 2.45) is 0 Å². The van der Waals surface area contributed by atoms with E-state index in [2.05, 4.69) is 4.74 Å². The molecule has 0 atom stereocenters. The summed E-state index contributed by atoms with van der Waals surface area (Å²) in [6.45, 7) is 1.59. The first-order chi connectivity index (χ1) is 12.4. The van der Waals surface area contributed by atoms with Crippen LogP contribution in [0, 0.1) is 17.0 Å². The van der Waals surface area contributed by atoms with Gasteiger partial charge in [-0.3, -0.25) is 19.7 Å². The van der Waals surface area contributed by atoms with Crippen LogP contribution in [0.1, 0.15) is 27.0 Å². The third kappa shape index (κ3) is 3.21. The van der Waals surface area contributed by atoms with Crippen LogP contribution >= 0.6 is 0 Å². The molecule has 0 saturated carbocycles. The van der Waals surface area contributed by atoms with Gasteiger partial charge in [0.15, 0.2) is 17.3 Å². The summed E-state index contributed by atoms with van der Waals surface area (Å²) in [7, 11) is 1.26. The molecule has 1 aliphatic heterocycles. The van der Waals surface area contributed by atoms with E-state index in [9.17, 15) is 19.7 Å². The van der Waals surface area contributed by atoms with Gasteiger partial charge >= 0.3 is 5.97 Å². The molecule has 2 aromatic rings. The summed E-state index contributed by atoms with van der Waals surface area (Å²) in [4.78, 5) is 35.1. The number of rotatable bonds is 5. The Hall–Kier alpha value is -3.42. The predicted molar refractivity (Wildman–Crippen MR) is 89.6 cm³/mol. The SMILES string of the molecule is COC(=O)Cc1cc2c(cc1C(=O)c1ccc([N+](=O)[O-])c(C)c1)OCO2. The number of hydrogen-bond donors (Lipinski definition) is 0. The summed E-state index contributed by atoms with van der Waals surface area (Å²) in [6.07, 6.45) is -0.111.